The summed E-state index contributed by atoms with van der Waals surface area (Å²) in [7, 11) is 0. The van der Waals surface area contributed by atoms with E-state index in [4.69, 9.17) is 19.9 Å². The van der Waals surface area contributed by atoms with Gasteiger partial charge in [-0.25, -0.2) is 4.79 Å². The predicted octanol–water partition coefficient (Wildman–Crippen LogP) is 5.28. The maximum atomic E-state index is 10.6. The van der Waals surface area contributed by atoms with Gasteiger partial charge in [0.15, 0.2) is 0 Å². The highest BCUT2D eigenvalue weighted by Gasteiger charge is 2.37. The molecule has 0 spiro atoms. The van der Waals surface area contributed by atoms with Gasteiger partial charge in [-0.2, -0.15) is 0 Å². The number of carbonyl (C=O) groups excluding carboxylic acids is 1. The molecule has 0 fully saturated rings. The Bertz CT molecular complexity index is 835. The average Bonchev–Trinajstić information content (AvgIpc) is 2.83. The van der Waals surface area contributed by atoms with Gasteiger partial charge >= 0.3 is 6.09 Å². The lowest BCUT2D eigenvalue weighted by Crippen LogP contribution is -2.34. The first-order chi connectivity index (χ1) is 15.6. The van der Waals surface area contributed by atoms with Gasteiger partial charge in [0.1, 0.15) is 5.60 Å². The molecule has 0 aliphatic carbocycles. The Labute approximate surface area is 190 Å². The number of primary amides is 1. The van der Waals surface area contributed by atoms with Crippen LogP contribution in [-0.2, 0) is 19.8 Å². The topological polar surface area (TPSA) is 70.8 Å². The molecule has 0 saturated carbocycles. The molecule has 0 bridgehead atoms. The van der Waals surface area contributed by atoms with Gasteiger partial charge in [0.05, 0.1) is 25.9 Å². The number of nitrogens with two attached hydrogens (primary N) is 1. The molecule has 0 aliphatic heterocycles. The summed E-state index contributed by atoms with van der Waals surface area (Å²) in [6, 6.07) is 31.0. The van der Waals surface area contributed by atoms with Crippen LogP contribution in [-0.4, -0.2) is 32.0 Å². The van der Waals surface area contributed by atoms with Gasteiger partial charge < -0.3 is 19.9 Å². The summed E-state index contributed by atoms with van der Waals surface area (Å²) < 4.78 is 17.3. The van der Waals surface area contributed by atoms with Crippen molar-refractivity contribution in [3.63, 3.8) is 0 Å². The molecule has 1 atom stereocenters. The van der Waals surface area contributed by atoms with Crippen LogP contribution in [0.4, 0.5) is 4.79 Å². The summed E-state index contributed by atoms with van der Waals surface area (Å²) >= 11 is 0. The Kier molecular flexibility index (Phi) is 8.84. The van der Waals surface area contributed by atoms with Crippen LogP contribution in [0.25, 0.3) is 0 Å². The van der Waals surface area contributed by atoms with Gasteiger partial charge in [0.2, 0.25) is 0 Å². The fourth-order valence-corrected chi connectivity index (χ4v) is 3.75. The van der Waals surface area contributed by atoms with E-state index in [2.05, 4.69) is 36.4 Å². The van der Waals surface area contributed by atoms with E-state index in [1.54, 1.807) is 0 Å². The van der Waals surface area contributed by atoms with Crippen LogP contribution < -0.4 is 5.73 Å². The molecule has 32 heavy (non-hydrogen) atoms. The lowest BCUT2D eigenvalue weighted by molar-refractivity contribution is -0.0202. The summed E-state index contributed by atoms with van der Waals surface area (Å²) in [5.74, 6) is 0. The fraction of sp³-hybridized carbons (Fsp3) is 0.296. The molecule has 3 rings (SSSR count). The number of rotatable bonds is 12. The molecule has 0 aliphatic rings. The zero-order chi connectivity index (χ0) is 22.7. The standard InChI is InChI=1S/C27H31NO4/c1-22(30-19-11-20-31-26(28)29)18-21-32-27(23-12-5-2-6-13-23,24-14-7-3-8-15-24)25-16-9-4-10-17-25/h2-10,12-17,22H,11,18-21H2,1H3,(H2,28,29). The van der Waals surface area contributed by atoms with Crippen LogP contribution in [0.5, 0.6) is 0 Å². The van der Waals surface area contributed by atoms with E-state index in [9.17, 15) is 4.79 Å². The molecular weight excluding hydrogens is 402 g/mol. The fourth-order valence-electron chi connectivity index (χ4n) is 3.75. The van der Waals surface area contributed by atoms with Crippen molar-refractivity contribution in [1.82, 2.24) is 0 Å². The van der Waals surface area contributed by atoms with E-state index >= 15 is 0 Å². The Balaban J connectivity index is 1.76. The first-order valence-electron chi connectivity index (χ1n) is 11.0. The molecular formula is C27H31NO4. The van der Waals surface area contributed by atoms with E-state index in [-0.39, 0.29) is 12.7 Å². The highest BCUT2D eigenvalue weighted by atomic mass is 16.5. The average molecular weight is 434 g/mol. The summed E-state index contributed by atoms with van der Waals surface area (Å²) in [5.41, 5.74) is 7.48. The Hall–Kier alpha value is -3.15. The number of amides is 1. The molecule has 0 aromatic heterocycles. The smallest absolute Gasteiger partial charge is 0.404 e. The predicted molar refractivity (Wildman–Crippen MR) is 125 cm³/mol. The monoisotopic (exact) mass is 433 g/mol. The minimum absolute atomic E-state index is 0.00333. The largest absolute Gasteiger partial charge is 0.450 e. The molecule has 1 unspecified atom stereocenters. The van der Waals surface area contributed by atoms with Crippen molar-refractivity contribution >= 4 is 6.09 Å². The van der Waals surface area contributed by atoms with Gasteiger partial charge in [0.25, 0.3) is 0 Å². The Morgan fingerprint density at radius 3 is 1.69 bits per heavy atom. The van der Waals surface area contributed by atoms with Gasteiger partial charge in [-0.3, -0.25) is 0 Å². The van der Waals surface area contributed by atoms with Crippen molar-refractivity contribution in [2.24, 2.45) is 5.73 Å². The summed E-state index contributed by atoms with van der Waals surface area (Å²) in [6.45, 7) is 3.29. The van der Waals surface area contributed by atoms with Gasteiger partial charge in [-0.15, -0.1) is 0 Å². The van der Waals surface area contributed by atoms with Crippen LogP contribution in [0.15, 0.2) is 91.0 Å². The third-order valence-corrected chi connectivity index (χ3v) is 5.32. The van der Waals surface area contributed by atoms with Crippen molar-refractivity contribution in [3.8, 4) is 0 Å². The normalized spacial score (nSPS) is 12.3. The van der Waals surface area contributed by atoms with E-state index in [0.717, 1.165) is 23.1 Å². The van der Waals surface area contributed by atoms with Gasteiger partial charge in [-0.1, -0.05) is 91.0 Å². The van der Waals surface area contributed by atoms with Gasteiger partial charge in [0, 0.05) is 6.42 Å². The van der Waals surface area contributed by atoms with Crippen molar-refractivity contribution in [2.45, 2.75) is 31.5 Å². The molecule has 3 aromatic rings. The molecule has 0 saturated heterocycles. The van der Waals surface area contributed by atoms with Crippen LogP contribution in [0.1, 0.15) is 36.5 Å². The van der Waals surface area contributed by atoms with Crippen molar-refractivity contribution in [2.75, 3.05) is 19.8 Å². The molecule has 3 aromatic carbocycles. The number of ether oxygens (including phenoxy) is 3. The molecule has 2 N–H and O–H groups in total. The molecule has 0 heterocycles. The van der Waals surface area contributed by atoms with Crippen molar-refractivity contribution < 1.29 is 19.0 Å². The lowest BCUT2D eigenvalue weighted by Gasteiger charge is -2.36. The SMILES string of the molecule is CC(CCOC(c1ccccc1)(c1ccccc1)c1ccccc1)OCCCOC(N)=O. The number of hydrogen-bond acceptors (Lipinski definition) is 4. The van der Waals surface area contributed by atoms with Crippen molar-refractivity contribution in [1.29, 1.82) is 0 Å². The lowest BCUT2D eigenvalue weighted by atomic mass is 9.80. The number of hydrogen-bond donors (Lipinski definition) is 1. The zero-order valence-electron chi connectivity index (χ0n) is 18.5. The molecule has 168 valence electrons. The highest BCUT2D eigenvalue weighted by molar-refractivity contribution is 5.64. The first kappa shape index (κ1) is 23.5. The summed E-state index contributed by atoms with van der Waals surface area (Å²) in [6.07, 6.45) is 0.579. The second-order valence-corrected chi connectivity index (χ2v) is 7.62. The zero-order valence-corrected chi connectivity index (χ0v) is 18.5. The van der Waals surface area contributed by atoms with Gasteiger partial charge in [-0.05, 0) is 30.0 Å². The van der Waals surface area contributed by atoms with E-state index in [1.807, 2.05) is 61.5 Å². The minimum Gasteiger partial charge on any atom is -0.450 e. The van der Waals surface area contributed by atoms with E-state index < -0.39 is 11.7 Å². The molecule has 5 heteroatoms. The highest BCUT2D eigenvalue weighted by Crippen LogP contribution is 2.40. The molecule has 0 radical (unpaired) electrons. The van der Waals surface area contributed by atoms with Crippen LogP contribution >= 0.6 is 0 Å². The quantitative estimate of drug-likeness (QED) is 0.312. The summed E-state index contributed by atoms with van der Waals surface area (Å²) in [5, 5.41) is 0. The van der Waals surface area contributed by atoms with Crippen LogP contribution in [0.2, 0.25) is 0 Å². The number of benzene rings is 3. The Morgan fingerprint density at radius 2 is 1.25 bits per heavy atom. The second-order valence-electron chi connectivity index (χ2n) is 7.62. The number of carbonyl (C=O) groups is 1. The van der Waals surface area contributed by atoms with Crippen molar-refractivity contribution in [3.05, 3.63) is 108 Å². The molecule has 1 amide bonds. The Morgan fingerprint density at radius 1 is 0.781 bits per heavy atom. The molecule has 5 nitrogen and oxygen atoms in total. The van der Waals surface area contributed by atoms with Crippen LogP contribution in [0.3, 0.4) is 0 Å². The van der Waals surface area contributed by atoms with E-state index in [1.165, 1.54) is 0 Å². The van der Waals surface area contributed by atoms with E-state index in [0.29, 0.717) is 19.6 Å². The maximum Gasteiger partial charge on any atom is 0.404 e. The second kappa shape index (κ2) is 12.0. The third-order valence-electron chi connectivity index (χ3n) is 5.32. The summed E-state index contributed by atoms with van der Waals surface area (Å²) in [4.78, 5) is 10.6. The maximum absolute atomic E-state index is 10.6. The third kappa shape index (κ3) is 6.19. The minimum atomic E-state index is -0.759. The van der Waals surface area contributed by atoms with Crippen LogP contribution in [0, 0.1) is 0 Å². The first-order valence-corrected chi connectivity index (χ1v) is 11.0.